The molecule has 2 nitrogen and oxygen atoms in total. The van der Waals surface area contributed by atoms with E-state index in [0.29, 0.717) is 5.92 Å². The molecule has 2 atom stereocenters. The van der Waals surface area contributed by atoms with Gasteiger partial charge in [0.05, 0.1) is 6.61 Å². The van der Waals surface area contributed by atoms with E-state index in [1.807, 2.05) is 0 Å². The number of hydrogen-bond donors (Lipinski definition) is 1. The van der Waals surface area contributed by atoms with Crippen molar-refractivity contribution < 1.29 is 4.74 Å². The van der Waals surface area contributed by atoms with Gasteiger partial charge in [0.15, 0.2) is 0 Å². The lowest BCUT2D eigenvalue weighted by Crippen LogP contribution is -2.31. The summed E-state index contributed by atoms with van der Waals surface area (Å²) >= 11 is 3.50. The molecule has 0 aliphatic heterocycles. The van der Waals surface area contributed by atoms with E-state index < -0.39 is 0 Å². The van der Waals surface area contributed by atoms with Crippen LogP contribution in [0.4, 0.5) is 0 Å². The van der Waals surface area contributed by atoms with Crippen molar-refractivity contribution in [3.05, 3.63) is 34.3 Å². The fraction of sp³-hybridized carbons (Fsp3) is 0.647. The third kappa shape index (κ3) is 6.87. The second-order valence-electron chi connectivity index (χ2n) is 5.55. The molecule has 20 heavy (non-hydrogen) atoms. The molecule has 0 aliphatic carbocycles. The highest BCUT2D eigenvalue weighted by Gasteiger charge is 2.16. The minimum Gasteiger partial charge on any atom is -0.383 e. The minimum absolute atomic E-state index is 0.688. The van der Waals surface area contributed by atoms with E-state index in [-0.39, 0.29) is 0 Å². The molecular weight excluding hydrogens is 314 g/mol. The summed E-state index contributed by atoms with van der Waals surface area (Å²) in [7, 11) is 1.75. The van der Waals surface area contributed by atoms with E-state index >= 15 is 0 Å². The molecule has 0 heterocycles. The van der Waals surface area contributed by atoms with Crippen LogP contribution in [0.1, 0.15) is 32.3 Å². The first-order valence-corrected chi connectivity index (χ1v) is 8.40. The SMILES string of the molecule is CCCC(C)C(CNCCOC)Cc1ccc(Br)cc1. The normalized spacial score (nSPS) is 14.2. The first-order chi connectivity index (χ1) is 9.67. The summed E-state index contributed by atoms with van der Waals surface area (Å²) < 4.78 is 6.25. The summed E-state index contributed by atoms with van der Waals surface area (Å²) in [6.07, 6.45) is 3.71. The van der Waals surface area contributed by atoms with Crippen molar-refractivity contribution >= 4 is 15.9 Å². The number of rotatable bonds is 10. The van der Waals surface area contributed by atoms with Crippen LogP contribution >= 0.6 is 15.9 Å². The Kier molecular flexibility index (Phi) is 9.16. The Labute approximate surface area is 132 Å². The number of methoxy groups -OCH3 is 1. The molecule has 1 rings (SSSR count). The predicted octanol–water partition coefficient (Wildman–Crippen LogP) is 4.28. The van der Waals surface area contributed by atoms with Gasteiger partial charge in [-0.2, -0.15) is 0 Å². The summed E-state index contributed by atoms with van der Waals surface area (Å²) in [6, 6.07) is 8.72. The van der Waals surface area contributed by atoms with E-state index in [4.69, 9.17) is 4.74 Å². The molecule has 0 bridgehead atoms. The highest BCUT2D eigenvalue weighted by atomic mass is 79.9. The molecule has 0 fully saturated rings. The van der Waals surface area contributed by atoms with Gasteiger partial charge in [-0.15, -0.1) is 0 Å². The molecule has 0 amide bonds. The first-order valence-electron chi connectivity index (χ1n) is 7.61. The molecule has 0 saturated heterocycles. The highest BCUT2D eigenvalue weighted by Crippen LogP contribution is 2.22. The van der Waals surface area contributed by atoms with Crippen molar-refractivity contribution in [1.82, 2.24) is 5.32 Å². The molecule has 1 aromatic carbocycles. The van der Waals surface area contributed by atoms with Crippen LogP contribution < -0.4 is 5.32 Å². The van der Waals surface area contributed by atoms with Crippen LogP contribution in [0.2, 0.25) is 0 Å². The number of halogens is 1. The van der Waals surface area contributed by atoms with Crippen molar-refractivity contribution in [3.63, 3.8) is 0 Å². The van der Waals surface area contributed by atoms with Gasteiger partial charge in [0.1, 0.15) is 0 Å². The summed E-state index contributed by atoms with van der Waals surface area (Å²) in [4.78, 5) is 0. The molecule has 114 valence electrons. The van der Waals surface area contributed by atoms with Crippen LogP contribution in [0.25, 0.3) is 0 Å². The zero-order chi connectivity index (χ0) is 14.8. The topological polar surface area (TPSA) is 21.3 Å². The number of nitrogens with one attached hydrogen (secondary N) is 1. The molecule has 3 heteroatoms. The molecule has 1 N–H and O–H groups in total. The highest BCUT2D eigenvalue weighted by molar-refractivity contribution is 9.10. The van der Waals surface area contributed by atoms with Gasteiger partial charge >= 0.3 is 0 Å². The number of benzene rings is 1. The lowest BCUT2D eigenvalue weighted by molar-refractivity contribution is 0.195. The molecule has 0 aromatic heterocycles. The number of ether oxygens (including phenoxy) is 1. The van der Waals surface area contributed by atoms with Gasteiger partial charge in [-0.1, -0.05) is 54.8 Å². The van der Waals surface area contributed by atoms with Gasteiger partial charge in [0.2, 0.25) is 0 Å². The van der Waals surface area contributed by atoms with Crippen molar-refractivity contribution in [2.45, 2.75) is 33.1 Å². The maximum Gasteiger partial charge on any atom is 0.0587 e. The standard InChI is InChI=1S/C17H28BrNO/c1-4-5-14(2)16(13-19-10-11-20-3)12-15-6-8-17(18)9-7-15/h6-9,14,16,19H,4-5,10-13H2,1-3H3. The molecule has 0 saturated carbocycles. The summed E-state index contributed by atoms with van der Waals surface area (Å²) in [5, 5.41) is 3.52. The Morgan fingerprint density at radius 2 is 1.95 bits per heavy atom. The van der Waals surface area contributed by atoms with Gasteiger partial charge in [-0.3, -0.25) is 0 Å². The predicted molar refractivity (Wildman–Crippen MR) is 90.2 cm³/mol. The maximum atomic E-state index is 5.10. The van der Waals surface area contributed by atoms with Crippen LogP contribution in [0.3, 0.4) is 0 Å². The summed E-state index contributed by atoms with van der Waals surface area (Å²) in [5.74, 6) is 1.44. The van der Waals surface area contributed by atoms with Crippen molar-refractivity contribution in [2.75, 3.05) is 26.8 Å². The van der Waals surface area contributed by atoms with Crippen LogP contribution in [0.15, 0.2) is 28.7 Å². The largest absolute Gasteiger partial charge is 0.383 e. The Morgan fingerprint density at radius 1 is 1.25 bits per heavy atom. The average molecular weight is 342 g/mol. The second-order valence-corrected chi connectivity index (χ2v) is 6.47. The molecule has 0 aliphatic rings. The van der Waals surface area contributed by atoms with Gasteiger partial charge in [-0.25, -0.2) is 0 Å². The van der Waals surface area contributed by atoms with Gasteiger partial charge in [-0.05, 0) is 42.5 Å². The van der Waals surface area contributed by atoms with E-state index in [2.05, 4.69) is 59.4 Å². The van der Waals surface area contributed by atoms with Gasteiger partial charge in [0, 0.05) is 18.1 Å². The van der Waals surface area contributed by atoms with Crippen molar-refractivity contribution in [3.8, 4) is 0 Å². The Hall–Kier alpha value is -0.380. The van der Waals surface area contributed by atoms with Gasteiger partial charge < -0.3 is 10.1 Å². The lowest BCUT2D eigenvalue weighted by atomic mass is 9.85. The smallest absolute Gasteiger partial charge is 0.0587 e. The Bertz CT molecular complexity index is 353. The molecule has 0 spiro atoms. The van der Waals surface area contributed by atoms with Crippen molar-refractivity contribution in [1.29, 1.82) is 0 Å². The average Bonchev–Trinajstić information content (AvgIpc) is 2.44. The van der Waals surface area contributed by atoms with Crippen LogP contribution in [0.5, 0.6) is 0 Å². The van der Waals surface area contributed by atoms with E-state index in [1.54, 1.807) is 7.11 Å². The van der Waals surface area contributed by atoms with E-state index in [0.717, 1.165) is 36.5 Å². The zero-order valence-corrected chi connectivity index (χ0v) is 14.6. The Balaban J connectivity index is 2.54. The fourth-order valence-corrected chi connectivity index (χ4v) is 2.81. The second kappa shape index (κ2) is 10.4. The molecule has 1 aromatic rings. The molecule has 0 radical (unpaired) electrons. The molecule has 2 unspecified atom stereocenters. The molecular formula is C17H28BrNO. The van der Waals surface area contributed by atoms with Crippen LogP contribution in [0, 0.1) is 11.8 Å². The maximum absolute atomic E-state index is 5.10. The lowest BCUT2D eigenvalue weighted by Gasteiger charge is -2.24. The van der Waals surface area contributed by atoms with E-state index in [1.165, 1.54) is 18.4 Å². The van der Waals surface area contributed by atoms with Gasteiger partial charge in [0.25, 0.3) is 0 Å². The summed E-state index contributed by atoms with van der Waals surface area (Å²) in [6.45, 7) is 7.44. The monoisotopic (exact) mass is 341 g/mol. The van der Waals surface area contributed by atoms with E-state index in [9.17, 15) is 0 Å². The third-order valence-corrected chi connectivity index (χ3v) is 4.38. The summed E-state index contributed by atoms with van der Waals surface area (Å²) in [5.41, 5.74) is 1.43. The van der Waals surface area contributed by atoms with Crippen molar-refractivity contribution in [2.24, 2.45) is 11.8 Å². The zero-order valence-electron chi connectivity index (χ0n) is 13.0. The minimum atomic E-state index is 0.688. The quantitative estimate of drug-likeness (QED) is 0.641. The first kappa shape index (κ1) is 17.7. The van der Waals surface area contributed by atoms with Crippen LogP contribution in [-0.2, 0) is 11.2 Å². The third-order valence-electron chi connectivity index (χ3n) is 3.85. The fourth-order valence-electron chi connectivity index (χ4n) is 2.55. The Morgan fingerprint density at radius 3 is 2.55 bits per heavy atom. The number of hydrogen-bond acceptors (Lipinski definition) is 2. The van der Waals surface area contributed by atoms with Crippen LogP contribution in [-0.4, -0.2) is 26.8 Å².